The van der Waals surface area contributed by atoms with Crippen LogP contribution in [0.3, 0.4) is 0 Å². The van der Waals surface area contributed by atoms with Gasteiger partial charge in [-0.1, -0.05) is 28.1 Å². The maximum Gasteiger partial charge on any atom is 0.168 e. The maximum absolute atomic E-state index is 14.3. The minimum Gasteiger partial charge on any atom is -0.296 e. The lowest BCUT2D eigenvalue weighted by molar-refractivity contribution is 0.111. The molecule has 0 saturated heterocycles. The zero-order valence-electron chi connectivity index (χ0n) is 12.4. The SMILES string of the molecule is O=Cc1cnc2n1-c1ccc(Br)cc1C(c1ccccc1F)=NC2. The molecule has 4 nitrogen and oxygen atoms in total. The van der Waals surface area contributed by atoms with Gasteiger partial charge >= 0.3 is 0 Å². The van der Waals surface area contributed by atoms with Crippen molar-refractivity contribution in [2.24, 2.45) is 4.99 Å². The van der Waals surface area contributed by atoms with Crippen LogP contribution < -0.4 is 0 Å². The largest absolute Gasteiger partial charge is 0.296 e. The van der Waals surface area contributed by atoms with Crippen LogP contribution in [0, 0.1) is 5.82 Å². The molecule has 0 saturated carbocycles. The lowest BCUT2D eigenvalue weighted by atomic mass is 10.00. The van der Waals surface area contributed by atoms with Crippen molar-refractivity contribution in [2.75, 3.05) is 0 Å². The predicted octanol–water partition coefficient (Wildman–Crippen LogP) is 3.94. The Labute approximate surface area is 145 Å². The number of carbonyl (C=O) groups is 1. The topological polar surface area (TPSA) is 47.2 Å². The Balaban J connectivity index is 2.03. The molecule has 2 heterocycles. The Bertz CT molecular complexity index is 994. The zero-order chi connectivity index (χ0) is 16.7. The van der Waals surface area contributed by atoms with Crippen LogP contribution in [-0.2, 0) is 6.54 Å². The molecular weight excluding hydrogens is 373 g/mol. The summed E-state index contributed by atoms with van der Waals surface area (Å²) < 4.78 is 16.9. The minimum atomic E-state index is -0.336. The van der Waals surface area contributed by atoms with E-state index in [0.717, 1.165) is 22.0 Å². The summed E-state index contributed by atoms with van der Waals surface area (Å²) in [5.41, 5.74) is 2.92. The number of carbonyl (C=O) groups excluding carboxylic acids is 1. The molecule has 4 rings (SSSR count). The number of benzene rings is 2. The average Bonchev–Trinajstić information content (AvgIpc) is 2.93. The van der Waals surface area contributed by atoms with E-state index in [9.17, 15) is 9.18 Å². The number of imidazole rings is 1. The fourth-order valence-corrected chi connectivity index (χ4v) is 3.25. The molecule has 0 atom stereocenters. The Morgan fingerprint density at radius 2 is 2.00 bits per heavy atom. The first-order valence-electron chi connectivity index (χ1n) is 7.30. The van der Waals surface area contributed by atoms with E-state index in [0.29, 0.717) is 22.8 Å². The average molecular weight is 384 g/mol. The molecule has 0 fully saturated rings. The molecule has 1 aliphatic rings. The van der Waals surface area contributed by atoms with E-state index < -0.39 is 0 Å². The fraction of sp³-hybridized carbons (Fsp3) is 0.0556. The van der Waals surface area contributed by atoms with Crippen molar-refractivity contribution in [3.63, 3.8) is 0 Å². The van der Waals surface area contributed by atoms with E-state index in [1.165, 1.54) is 12.3 Å². The van der Waals surface area contributed by atoms with E-state index >= 15 is 0 Å². The van der Waals surface area contributed by atoms with Gasteiger partial charge in [-0.2, -0.15) is 0 Å². The van der Waals surface area contributed by atoms with Gasteiger partial charge in [0, 0.05) is 15.6 Å². The third-order valence-corrected chi connectivity index (χ3v) is 4.44. The van der Waals surface area contributed by atoms with E-state index in [1.807, 2.05) is 18.2 Å². The number of hydrogen-bond acceptors (Lipinski definition) is 3. The van der Waals surface area contributed by atoms with Gasteiger partial charge in [-0.25, -0.2) is 9.37 Å². The molecule has 3 aromatic rings. The van der Waals surface area contributed by atoms with E-state index in [2.05, 4.69) is 25.9 Å². The molecule has 0 N–H and O–H groups in total. The van der Waals surface area contributed by atoms with Crippen LogP contribution in [-0.4, -0.2) is 21.5 Å². The van der Waals surface area contributed by atoms with Crippen molar-refractivity contribution in [3.8, 4) is 5.69 Å². The lowest BCUT2D eigenvalue weighted by Crippen LogP contribution is -2.10. The molecule has 0 spiro atoms. The fourth-order valence-electron chi connectivity index (χ4n) is 2.89. The molecule has 1 aromatic heterocycles. The molecule has 6 heteroatoms. The number of aliphatic imine (C=N–C) groups is 1. The summed E-state index contributed by atoms with van der Waals surface area (Å²) in [6.07, 6.45) is 2.29. The van der Waals surface area contributed by atoms with Crippen LogP contribution in [0.25, 0.3) is 5.69 Å². The first-order chi connectivity index (χ1) is 11.7. The van der Waals surface area contributed by atoms with Crippen molar-refractivity contribution in [1.82, 2.24) is 9.55 Å². The predicted molar refractivity (Wildman–Crippen MR) is 92.4 cm³/mol. The van der Waals surface area contributed by atoms with Crippen LogP contribution in [0.5, 0.6) is 0 Å². The third kappa shape index (κ3) is 2.30. The van der Waals surface area contributed by atoms with E-state index in [-0.39, 0.29) is 12.4 Å². The Hall–Kier alpha value is -2.60. The monoisotopic (exact) mass is 383 g/mol. The van der Waals surface area contributed by atoms with Crippen molar-refractivity contribution < 1.29 is 9.18 Å². The summed E-state index contributed by atoms with van der Waals surface area (Å²) in [6.45, 7) is 0.268. The summed E-state index contributed by atoms with van der Waals surface area (Å²) in [6, 6.07) is 12.2. The van der Waals surface area contributed by atoms with Crippen LogP contribution in [0.15, 0.2) is 58.1 Å². The minimum absolute atomic E-state index is 0.268. The molecule has 0 amide bonds. The quantitative estimate of drug-likeness (QED) is 0.629. The molecule has 0 aliphatic carbocycles. The van der Waals surface area contributed by atoms with Gasteiger partial charge in [0.15, 0.2) is 6.29 Å². The highest BCUT2D eigenvalue weighted by Crippen LogP contribution is 2.29. The number of rotatable bonds is 2. The Kier molecular flexibility index (Phi) is 3.61. The van der Waals surface area contributed by atoms with Crippen LogP contribution in [0.1, 0.15) is 27.4 Å². The van der Waals surface area contributed by atoms with Crippen molar-refractivity contribution in [3.05, 3.63) is 81.6 Å². The van der Waals surface area contributed by atoms with Crippen molar-refractivity contribution >= 4 is 27.9 Å². The zero-order valence-corrected chi connectivity index (χ0v) is 14.0. The second-order valence-electron chi connectivity index (χ2n) is 5.36. The molecule has 118 valence electrons. The van der Waals surface area contributed by atoms with Crippen LogP contribution >= 0.6 is 15.9 Å². The van der Waals surface area contributed by atoms with Gasteiger partial charge in [-0.3, -0.25) is 14.4 Å². The number of aldehydes is 1. The van der Waals surface area contributed by atoms with Crippen LogP contribution in [0.4, 0.5) is 4.39 Å². The van der Waals surface area contributed by atoms with E-state index in [4.69, 9.17) is 0 Å². The molecule has 0 bridgehead atoms. The standard InChI is InChI=1S/C18H11BrFN3O/c19-11-5-6-16-14(7-11)18(13-3-1-2-4-15(13)20)22-9-17-21-8-12(10-24)23(16)17/h1-8,10H,9H2. The number of fused-ring (bicyclic) bond motifs is 3. The van der Waals surface area contributed by atoms with Gasteiger partial charge in [0.1, 0.15) is 17.3 Å². The smallest absolute Gasteiger partial charge is 0.168 e. The number of halogens is 2. The summed E-state index contributed by atoms with van der Waals surface area (Å²) in [4.78, 5) is 20.2. The normalized spacial score (nSPS) is 12.8. The number of hydrogen-bond donors (Lipinski definition) is 0. The number of nitrogens with zero attached hydrogens (tertiary/aromatic N) is 3. The number of aromatic nitrogens is 2. The van der Waals surface area contributed by atoms with Gasteiger partial charge in [-0.05, 0) is 30.3 Å². The van der Waals surface area contributed by atoms with Gasteiger partial charge in [0.2, 0.25) is 0 Å². The van der Waals surface area contributed by atoms with Crippen LogP contribution in [0.2, 0.25) is 0 Å². The van der Waals surface area contributed by atoms with Crippen molar-refractivity contribution in [2.45, 2.75) is 6.54 Å². The van der Waals surface area contributed by atoms with Gasteiger partial charge in [-0.15, -0.1) is 0 Å². The highest BCUT2D eigenvalue weighted by Gasteiger charge is 2.23. The highest BCUT2D eigenvalue weighted by molar-refractivity contribution is 9.10. The highest BCUT2D eigenvalue weighted by atomic mass is 79.9. The van der Waals surface area contributed by atoms with E-state index in [1.54, 1.807) is 22.8 Å². The maximum atomic E-state index is 14.3. The third-order valence-electron chi connectivity index (χ3n) is 3.95. The van der Waals surface area contributed by atoms with Gasteiger partial charge in [0.05, 0.1) is 24.1 Å². The molecular formula is C18H11BrFN3O. The molecule has 0 radical (unpaired) electrons. The second-order valence-corrected chi connectivity index (χ2v) is 6.27. The summed E-state index contributed by atoms with van der Waals surface area (Å²) >= 11 is 3.46. The summed E-state index contributed by atoms with van der Waals surface area (Å²) in [5.74, 6) is 0.310. The second kappa shape index (κ2) is 5.79. The Morgan fingerprint density at radius 3 is 2.79 bits per heavy atom. The molecule has 24 heavy (non-hydrogen) atoms. The molecule has 2 aromatic carbocycles. The van der Waals surface area contributed by atoms with Crippen molar-refractivity contribution in [1.29, 1.82) is 0 Å². The summed E-state index contributed by atoms with van der Waals surface area (Å²) in [7, 11) is 0. The lowest BCUT2D eigenvalue weighted by Gasteiger charge is -2.13. The Morgan fingerprint density at radius 1 is 1.17 bits per heavy atom. The first kappa shape index (κ1) is 15.0. The molecule has 0 unspecified atom stereocenters. The first-order valence-corrected chi connectivity index (χ1v) is 8.10. The summed E-state index contributed by atoms with van der Waals surface area (Å²) in [5, 5.41) is 0. The van der Waals surface area contributed by atoms with Gasteiger partial charge in [0.25, 0.3) is 0 Å². The van der Waals surface area contributed by atoms with Gasteiger partial charge < -0.3 is 0 Å². The molecule has 1 aliphatic heterocycles.